The zero-order valence-electron chi connectivity index (χ0n) is 20.2. The topological polar surface area (TPSA) is 114 Å². The molecule has 3 aromatic rings. The lowest BCUT2D eigenvalue weighted by atomic mass is 10.1. The Morgan fingerprint density at radius 3 is 2.36 bits per heavy atom. The Labute approximate surface area is 211 Å². The van der Waals surface area contributed by atoms with Crippen molar-refractivity contribution in [1.82, 2.24) is 5.32 Å². The minimum Gasteiger partial charge on any atom is -0.376 e. The summed E-state index contributed by atoms with van der Waals surface area (Å²) in [6, 6.07) is 18.2. The predicted octanol–water partition coefficient (Wildman–Crippen LogP) is 4.27. The molecule has 1 aliphatic rings. The Balaban J connectivity index is 1.52. The highest BCUT2D eigenvalue weighted by Crippen LogP contribution is 2.24. The van der Waals surface area contributed by atoms with Crippen LogP contribution in [0.1, 0.15) is 44.7 Å². The third-order valence-corrected chi connectivity index (χ3v) is 7.57. The Hall–Kier alpha value is -3.69. The van der Waals surface area contributed by atoms with E-state index in [-0.39, 0.29) is 22.5 Å². The number of benzene rings is 3. The van der Waals surface area contributed by atoms with Crippen LogP contribution >= 0.6 is 0 Å². The average molecular weight is 508 g/mol. The van der Waals surface area contributed by atoms with Crippen LogP contribution in [0.25, 0.3) is 0 Å². The Morgan fingerprint density at radius 2 is 1.64 bits per heavy atom. The molecule has 0 aromatic heterocycles. The van der Waals surface area contributed by atoms with E-state index in [1.54, 1.807) is 55.5 Å². The summed E-state index contributed by atoms with van der Waals surface area (Å²) in [5, 5.41) is 5.60. The summed E-state index contributed by atoms with van der Waals surface area (Å²) in [5.41, 5.74) is 2.54. The highest BCUT2D eigenvalue weighted by atomic mass is 32.2. The van der Waals surface area contributed by atoms with E-state index in [9.17, 15) is 18.0 Å². The van der Waals surface area contributed by atoms with Crippen molar-refractivity contribution in [2.45, 2.75) is 37.7 Å². The second kappa shape index (κ2) is 10.9. The fourth-order valence-corrected chi connectivity index (χ4v) is 5.41. The monoisotopic (exact) mass is 507 g/mol. The van der Waals surface area contributed by atoms with Crippen LogP contribution in [-0.2, 0) is 14.8 Å². The number of aryl methyl sites for hydroxylation is 2. The number of carbonyl (C=O) groups is 2. The molecule has 1 fully saturated rings. The largest absolute Gasteiger partial charge is 0.376 e. The SMILES string of the molecule is Cc1ccccc1NS(=O)(=O)c1cc(C(=O)Nc2ccccc2C(=O)NC[C@@H]2CCCO2)ccc1C. The number of nitrogens with one attached hydrogen (secondary N) is 3. The molecule has 9 heteroatoms. The summed E-state index contributed by atoms with van der Waals surface area (Å²) >= 11 is 0. The fourth-order valence-electron chi connectivity index (χ4n) is 4.01. The quantitative estimate of drug-likeness (QED) is 0.422. The van der Waals surface area contributed by atoms with E-state index in [2.05, 4.69) is 15.4 Å². The minimum atomic E-state index is -3.94. The van der Waals surface area contributed by atoms with E-state index >= 15 is 0 Å². The first-order chi connectivity index (χ1) is 17.2. The average Bonchev–Trinajstić information content (AvgIpc) is 3.38. The van der Waals surface area contributed by atoms with Gasteiger partial charge in [-0.15, -0.1) is 0 Å². The number of amides is 2. The van der Waals surface area contributed by atoms with Crippen LogP contribution in [0.4, 0.5) is 11.4 Å². The van der Waals surface area contributed by atoms with Gasteiger partial charge in [-0.05, 0) is 68.1 Å². The highest BCUT2D eigenvalue weighted by Gasteiger charge is 2.22. The number of sulfonamides is 1. The first-order valence-corrected chi connectivity index (χ1v) is 13.2. The lowest BCUT2D eigenvalue weighted by Gasteiger charge is -2.15. The molecule has 0 saturated carbocycles. The lowest BCUT2D eigenvalue weighted by molar-refractivity contribution is 0.0858. The third kappa shape index (κ3) is 5.92. The molecule has 3 N–H and O–H groups in total. The van der Waals surface area contributed by atoms with Crippen molar-refractivity contribution in [3.05, 3.63) is 89.0 Å². The molecular formula is C27H29N3O5S. The molecule has 0 radical (unpaired) electrons. The van der Waals surface area contributed by atoms with Crippen molar-refractivity contribution < 1.29 is 22.7 Å². The van der Waals surface area contributed by atoms with Crippen molar-refractivity contribution in [2.24, 2.45) is 0 Å². The summed E-state index contributed by atoms with van der Waals surface area (Å²) in [6.45, 7) is 4.57. The molecule has 4 rings (SSSR count). The van der Waals surface area contributed by atoms with Gasteiger partial charge in [0.05, 0.1) is 27.9 Å². The maximum atomic E-state index is 13.1. The van der Waals surface area contributed by atoms with E-state index < -0.39 is 15.9 Å². The van der Waals surface area contributed by atoms with Crippen LogP contribution in [0.3, 0.4) is 0 Å². The van der Waals surface area contributed by atoms with Gasteiger partial charge in [0.2, 0.25) is 0 Å². The second-order valence-electron chi connectivity index (χ2n) is 8.75. The van der Waals surface area contributed by atoms with E-state index in [1.807, 2.05) is 19.1 Å². The molecule has 1 saturated heterocycles. The van der Waals surface area contributed by atoms with Crippen molar-refractivity contribution in [2.75, 3.05) is 23.2 Å². The highest BCUT2D eigenvalue weighted by molar-refractivity contribution is 7.92. The molecule has 0 spiro atoms. The van der Waals surface area contributed by atoms with Gasteiger partial charge in [0, 0.05) is 18.7 Å². The van der Waals surface area contributed by atoms with Gasteiger partial charge >= 0.3 is 0 Å². The first kappa shape index (κ1) is 25.4. The summed E-state index contributed by atoms with van der Waals surface area (Å²) < 4.78 is 34.4. The van der Waals surface area contributed by atoms with Gasteiger partial charge in [0.25, 0.3) is 21.8 Å². The number of rotatable bonds is 8. The Morgan fingerprint density at radius 1 is 0.917 bits per heavy atom. The van der Waals surface area contributed by atoms with Gasteiger partial charge < -0.3 is 15.4 Å². The van der Waals surface area contributed by atoms with Crippen molar-refractivity contribution in [3.63, 3.8) is 0 Å². The molecule has 0 bridgehead atoms. The molecule has 3 aromatic carbocycles. The molecule has 36 heavy (non-hydrogen) atoms. The third-order valence-electron chi connectivity index (χ3n) is 6.06. The van der Waals surface area contributed by atoms with Gasteiger partial charge in [-0.3, -0.25) is 14.3 Å². The summed E-state index contributed by atoms with van der Waals surface area (Å²) in [5.74, 6) is -0.849. The fraction of sp³-hybridized carbons (Fsp3) is 0.259. The van der Waals surface area contributed by atoms with Crippen LogP contribution < -0.4 is 15.4 Å². The molecule has 0 unspecified atom stereocenters. The minimum absolute atomic E-state index is 0.000921. The smallest absolute Gasteiger partial charge is 0.262 e. The standard InChI is InChI=1S/C27H29N3O5S/c1-18-8-3-5-11-23(18)30-36(33,34)25-16-20(14-13-19(25)2)26(31)29-24-12-6-4-10-22(24)27(32)28-17-21-9-7-15-35-21/h3-6,8,10-14,16,21,30H,7,9,15,17H2,1-2H3,(H,28,32)(H,29,31)/t21-/m0/s1. The number of carbonyl (C=O) groups excluding carboxylic acids is 2. The van der Waals surface area contributed by atoms with Crippen LogP contribution in [0.15, 0.2) is 71.6 Å². The Bertz CT molecular complexity index is 1380. The normalized spacial score (nSPS) is 15.3. The van der Waals surface area contributed by atoms with Gasteiger partial charge in [-0.2, -0.15) is 0 Å². The Kier molecular flexibility index (Phi) is 7.71. The van der Waals surface area contributed by atoms with Gasteiger partial charge in [0.15, 0.2) is 0 Å². The number of hydrogen-bond acceptors (Lipinski definition) is 5. The van der Waals surface area contributed by atoms with Crippen molar-refractivity contribution >= 4 is 33.2 Å². The first-order valence-electron chi connectivity index (χ1n) is 11.7. The zero-order valence-corrected chi connectivity index (χ0v) is 21.0. The molecule has 0 aliphatic carbocycles. The summed E-state index contributed by atoms with van der Waals surface area (Å²) in [7, 11) is -3.94. The molecule has 1 atom stereocenters. The number of ether oxygens (including phenoxy) is 1. The molecule has 2 amide bonds. The maximum absolute atomic E-state index is 13.1. The van der Waals surface area contributed by atoms with Gasteiger partial charge in [0.1, 0.15) is 0 Å². The van der Waals surface area contributed by atoms with E-state index in [0.717, 1.165) is 18.4 Å². The van der Waals surface area contributed by atoms with Crippen LogP contribution in [0, 0.1) is 13.8 Å². The van der Waals surface area contributed by atoms with Crippen molar-refractivity contribution in [1.29, 1.82) is 0 Å². The molecule has 8 nitrogen and oxygen atoms in total. The predicted molar refractivity (Wildman–Crippen MR) is 139 cm³/mol. The lowest BCUT2D eigenvalue weighted by Crippen LogP contribution is -2.32. The molecule has 188 valence electrons. The zero-order chi connectivity index (χ0) is 25.7. The van der Waals surface area contributed by atoms with Crippen LogP contribution in [0.2, 0.25) is 0 Å². The van der Waals surface area contributed by atoms with E-state index in [1.165, 1.54) is 6.07 Å². The number of hydrogen-bond donors (Lipinski definition) is 3. The second-order valence-corrected chi connectivity index (χ2v) is 10.4. The van der Waals surface area contributed by atoms with Gasteiger partial charge in [-0.1, -0.05) is 36.4 Å². The van der Waals surface area contributed by atoms with Crippen LogP contribution in [-0.4, -0.2) is 39.5 Å². The number of para-hydroxylation sites is 2. The number of anilines is 2. The van der Waals surface area contributed by atoms with E-state index in [0.29, 0.717) is 35.7 Å². The molecular weight excluding hydrogens is 478 g/mol. The maximum Gasteiger partial charge on any atom is 0.262 e. The van der Waals surface area contributed by atoms with E-state index in [4.69, 9.17) is 4.74 Å². The summed E-state index contributed by atoms with van der Waals surface area (Å²) in [4.78, 5) is 25.8. The molecule has 1 heterocycles. The van der Waals surface area contributed by atoms with Crippen molar-refractivity contribution in [3.8, 4) is 0 Å². The molecule has 1 aliphatic heterocycles. The van der Waals surface area contributed by atoms with Crippen LogP contribution in [0.5, 0.6) is 0 Å². The van der Waals surface area contributed by atoms with Gasteiger partial charge in [-0.25, -0.2) is 8.42 Å². The summed E-state index contributed by atoms with van der Waals surface area (Å²) in [6.07, 6.45) is 1.87.